The maximum atomic E-state index is 9.00. The van der Waals surface area contributed by atoms with Gasteiger partial charge in [0.05, 0.1) is 0 Å². The van der Waals surface area contributed by atoms with Crippen LogP contribution in [0.15, 0.2) is 169 Å². The van der Waals surface area contributed by atoms with Crippen molar-refractivity contribution < 1.29 is 35.1 Å². The number of rotatable bonds is 6. The van der Waals surface area contributed by atoms with Gasteiger partial charge in [-0.05, 0) is 52.7 Å². The van der Waals surface area contributed by atoms with Crippen molar-refractivity contribution in [2.24, 2.45) is 0 Å². The van der Waals surface area contributed by atoms with Gasteiger partial charge in [-0.25, -0.2) is 0 Å². The van der Waals surface area contributed by atoms with Gasteiger partial charge in [0.2, 0.25) is 0 Å². The Labute approximate surface area is 295 Å². The first kappa shape index (κ1) is 37.6. The summed E-state index contributed by atoms with van der Waals surface area (Å²) < 4.78 is 7.29. The number of hydrogen-bond acceptors (Lipinski definition) is 2. The zero-order chi connectivity index (χ0) is 30.4. The van der Waals surface area contributed by atoms with Gasteiger partial charge < -0.3 is 24.7 Å². The van der Waals surface area contributed by atoms with Crippen LogP contribution < -0.4 is 31.3 Å². The summed E-state index contributed by atoms with van der Waals surface area (Å²) in [5.74, 6) is 0.111. The first-order valence-electron chi connectivity index (χ1n) is 14.5. The van der Waals surface area contributed by atoms with Gasteiger partial charge in [0, 0.05) is 26.0 Å². The molecule has 0 spiro atoms. The molecule has 5 aromatic carbocycles. The molecular weight excluding hydrogens is 709 g/mol. The molecule has 0 radical (unpaired) electrons. The number of benzene rings is 5. The Bertz CT molecular complexity index is 1740. The third-order valence-electron chi connectivity index (χ3n) is 7.34. The van der Waals surface area contributed by atoms with Crippen LogP contribution in [0.3, 0.4) is 0 Å². The topological polar surface area (TPSA) is 46.5 Å². The van der Waals surface area contributed by atoms with Gasteiger partial charge in [-0.3, -0.25) is 4.79 Å². The van der Waals surface area contributed by atoms with Gasteiger partial charge in [0.25, 0.3) is 5.97 Å². The van der Waals surface area contributed by atoms with E-state index in [2.05, 4.69) is 170 Å². The van der Waals surface area contributed by atoms with Crippen molar-refractivity contribution in [2.75, 3.05) is 0 Å². The molecule has 0 amide bonds. The van der Waals surface area contributed by atoms with Crippen LogP contribution in [0.25, 0.3) is 6.08 Å². The molecule has 0 saturated heterocycles. The van der Waals surface area contributed by atoms with Crippen molar-refractivity contribution in [3.05, 3.63) is 190 Å². The first-order chi connectivity index (χ1) is 21.5. The number of fused-ring (bicyclic) bond motifs is 2. The van der Waals surface area contributed by atoms with Gasteiger partial charge in [-0.15, -0.1) is 0 Å². The van der Waals surface area contributed by atoms with E-state index in [1.54, 1.807) is 0 Å². The van der Waals surface area contributed by atoms with E-state index in [9.17, 15) is 0 Å². The number of hydrogen-bond donors (Lipinski definition) is 1. The van der Waals surface area contributed by atoms with Crippen molar-refractivity contribution in [1.82, 2.24) is 0 Å². The van der Waals surface area contributed by atoms with Crippen molar-refractivity contribution >= 4 is 54.4 Å². The first-order valence-corrected chi connectivity index (χ1v) is 17.1. The zero-order valence-corrected chi connectivity index (χ0v) is 30.0. The number of allylic oxidation sites excluding steroid dienone is 2. The van der Waals surface area contributed by atoms with Crippen molar-refractivity contribution in [3.63, 3.8) is 0 Å². The molecule has 6 heteroatoms. The van der Waals surface area contributed by atoms with Crippen LogP contribution in [0.2, 0.25) is 0 Å². The average Bonchev–Trinajstić information content (AvgIpc) is 3.06. The van der Waals surface area contributed by atoms with E-state index in [0.717, 1.165) is 18.2 Å². The van der Waals surface area contributed by atoms with Crippen LogP contribution >= 0.6 is 15.8 Å². The number of ether oxygens (including phenoxy) is 1. The molecule has 3 nitrogen and oxygen atoms in total. The van der Waals surface area contributed by atoms with Crippen LogP contribution in [0.4, 0.5) is 0 Å². The van der Waals surface area contributed by atoms with Crippen molar-refractivity contribution in [1.29, 1.82) is 0 Å². The summed E-state index contributed by atoms with van der Waals surface area (Å²) in [5, 5.41) is 13.4. The third kappa shape index (κ3) is 8.34. The third-order valence-corrected chi connectivity index (χ3v) is 12.6. The molecule has 0 aromatic heterocycles. The summed E-state index contributed by atoms with van der Waals surface area (Å²) in [5.41, 5.74) is 2.32. The van der Waals surface area contributed by atoms with Crippen LogP contribution in [0, 0.1) is 14.9 Å². The Kier molecular flexibility index (Phi) is 13.8. The molecule has 0 fully saturated rings. The molecular formula is C41H38O3P2Pd. The largest absolute Gasteiger partial charge is 2.00 e. The Balaban J connectivity index is 0.000000814. The summed E-state index contributed by atoms with van der Waals surface area (Å²) in [4.78, 5) is 9.00. The fraction of sp³-hybridized carbons (Fsp3) is 0.0488. The predicted molar refractivity (Wildman–Crippen MR) is 200 cm³/mol. The summed E-state index contributed by atoms with van der Waals surface area (Å²) in [6, 6.07) is 50.3. The SMILES string of the molecule is C1=CC2=Cc3ccc(P(c4ccccc4)c4ccccc4)cc3OC2(P(c2ccccc2)c2ccccc2)C=C1.CC(=O)O.[CH3-].[CH3-].[Pd+2]. The molecule has 0 saturated carbocycles. The average molecular weight is 747 g/mol. The maximum Gasteiger partial charge on any atom is 2.00 e. The second-order valence-corrected chi connectivity index (χ2v) is 15.0. The molecule has 0 bridgehead atoms. The summed E-state index contributed by atoms with van der Waals surface area (Å²) in [6.45, 7) is 1.08. The predicted octanol–water partition coefficient (Wildman–Crippen LogP) is 8.16. The molecule has 1 aliphatic carbocycles. The Hall–Kier alpha value is -3.89. The van der Waals surface area contributed by atoms with Crippen molar-refractivity contribution in [2.45, 2.75) is 12.3 Å². The Morgan fingerprint density at radius 1 is 0.638 bits per heavy atom. The maximum absolute atomic E-state index is 9.00. The summed E-state index contributed by atoms with van der Waals surface area (Å²) >= 11 is 0. The number of carbonyl (C=O) groups is 1. The van der Waals surface area contributed by atoms with Crippen LogP contribution in [0.5, 0.6) is 5.75 Å². The van der Waals surface area contributed by atoms with Crippen LogP contribution in [0.1, 0.15) is 12.5 Å². The van der Waals surface area contributed by atoms with E-state index in [1.165, 1.54) is 32.1 Å². The molecule has 240 valence electrons. The molecule has 47 heavy (non-hydrogen) atoms. The van der Waals surface area contributed by atoms with Gasteiger partial charge in [-0.2, -0.15) is 0 Å². The summed E-state index contributed by atoms with van der Waals surface area (Å²) in [6.07, 6.45) is 11.1. The molecule has 7 rings (SSSR count). The zero-order valence-electron chi connectivity index (χ0n) is 26.6. The van der Waals surface area contributed by atoms with E-state index < -0.39 is 27.2 Å². The quantitative estimate of drug-likeness (QED) is 0.108. The van der Waals surface area contributed by atoms with E-state index in [-0.39, 0.29) is 35.3 Å². The minimum atomic E-state index is -0.908. The second kappa shape index (κ2) is 17.3. The van der Waals surface area contributed by atoms with E-state index in [1.807, 2.05) is 0 Å². The molecule has 1 heterocycles. The fourth-order valence-electron chi connectivity index (χ4n) is 5.55. The van der Waals surface area contributed by atoms with Crippen LogP contribution in [-0.2, 0) is 25.2 Å². The molecule has 1 N–H and O–H groups in total. The van der Waals surface area contributed by atoms with E-state index in [0.29, 0.717) is 0 Å². The van der Waals surface area contributed by atoms with Gasteiger partial charge in [0.15, 0.2) is 5.34 Å². The molecule has 1 atom stereocenters. The standard InChI is InChI=1S/C37H28OP2.C2H4O2.2CH3.Pd/c1-5-16-31(17-6-1)39(32-18-7-2-8-19-32)35-25-24-29-27-30-15-13-14-26-37(30,38-36(29)28-35)40(33-20-9-3-10-21-33)34-22-11-4-12-23-34;1-2(3)4;;;/h1-28H;1H3,(H,3,4);2*1H3;/q;;2*-1;+2. The fourth-order valence-corrected chi connectivity index (χ4v) is 10.7. The number of carboxylic acid groups (broad SMARTS) is 1. The minimum absolute atomic E-state index is 0. The number of aliphatic carboxylic acids is 1. The van der Waals surface area contributed by atoms with E-state index >= 15 is 0 Å². The molecule has 1 unspecified atom stereocenters. The van der Waals surface area contributed by atoms with Crippen molar-refractivity contribution in [3.8, 4) is 5.75 Å². The van der Waals surface area contributed by atoms with E-state index in [4.69, 9.17) is 14.6 Å². The molecule has 5 aromatic rings. The smallest absolute Gasteiger partial charge is 0.481 e. The second-order valence-electron chi connectivity index (χ2n) is 10.4. The normalized spacial score (nSPS) is 15.2. The minimum Gasteiger partial charge on any atom is -0.481 e. The van der Waals surface area contributed by atoms with Gasteiger partial charge >= 0.3 is 20.4 Å². The molecule has 1 aliphatic heterocycles. The van der Waals surface area contributed by atoms with Gasteiger partial charge in [0.1, 0.15) is 5.75 Å². The molecule has 2 aliphatic rings. The van der Waals surface area contributed by atoms with Gasteiger partial charge in [-0.1, -0.05) is 152 Å². The van der Waals surface area contributed by atoms with Crippen LogP contribution in [-0.4, -0.2) is 16.4 Å². The monoisotopic (exact) mass is 746 g/mol. The Morgan fingerprint density at radius 2 is 1.09 bits per heavy atom. The summed E-state index contributed by atoms with van der Waals surface area (Å²) in [7, 11) is -1.64. The Morgan fingerprint density at radius 3 is 1.55 bits per heavy atom. The number of carboxylic acids is 1.